The molecule has 47 valence electrons. The van der Waals surface area contributed by atoms with E-state index in [1.165, 1.54) is 12.8 Å². The van der Waals surface area contributed by atoms with Crippen LogP contribution in [0.3, 0.4) is 0 Å². The minimum absolute atomic E-state index is 0.881. The zero-order chi connectivity index (χ0) is 6.41. The van der Waals surface area contributed by atoms with E-state index in [9.17, 15) is 0 Å². The van der Waals surface area contributed by atoms with E-state index in [4.69, 9.17) is 11.6 Å². The van der Waals surface area contributed by atoms with Gasteiger partial charge in [-0.3, -0.25) is 0 Å². The molecule has 0 bridgehead atoms. The van der Waals surface area contributed by atoms with Crippen LogP contribution < -0.4 is 0 Å². The second-order valence-electron chi connectivity index (χ2n) is 1.75. The zero-order valence-corrected chi connectivity index (χ0v) is 6.04. The van der Waals surface area contributed by atoms with Crippen molar-refractivity contribution in [3.8, 4) is 0 Å². The Labute approximate surface area is 56.5 Å². The Morgan fingerprint density at radius 1 is 1.75 bits per heavy atom. The fraction of sp³-hybridized carbons (Fsp3) is 0.571. The lowest BCUT2D eigenvalue weighted by atomic mass is 10.2. The maximum atomic E-state index is 5.64. The van der Waals surface area contributed by atoms with Gasteiger partial charge in [-0.1, -0.05) is 31.0 Å². The minimum Gasteiger partial charge on any atom is -0.0895 e. The Bertz CT molecular complexity index is 74.5. The monoisotopic (exact) mass is 131 g/mol. The van der Waals surface area contributed by atoms with Gasteiger partial charge in [0.15, 0.2) is 0 Å². The van der Waals surface area contributed by atoms with Gasteiger partial charge < -0.3 is 0 Å². The maximum absolute atomic E-state index is 5.64. The average Bonchev–Trinajstić information content (AvgIpc) is 1.83. The van der Waals surface area contributed by atoms with Crippen molar-refractivity contribution < 1.29 is 0 Å². The van der Waals surface area contributed by atoms with Crippen molar-refractivity contribution in [1.82, 2.24) is 0 Å². The second kappa shape index (κ2) is 5.17. The molecule has 0 aromatic carbocycles. The lowest BCUT2D eigenvalue weighted by Crippen LogP contribution is -1.71. The molecule has 0 saturated heterocycles. The first kappa shape index (κ1) is 8.03. The van der Waals surface area contributed by atoms with Crippen LogP contribution in [0.25, 0.3) is 0 Å². The van der Waals surface area contributed by atoms with Gasteiger partial charge >= 0.3 is 0 Å². The SMILES string of the molecule is [CH2]/C=C(\Cl)CCCC. The molecule has 0 spiro atoms. The zero-order valence-electron chi connectivity index (χ0n) is 5.28. The van der Waals surface area contributed by atoms with Gasteiger partial charge in [0, 0.05) is 5.03 Å². The molecule has 0 aliphatic carbocycles. The summed E-state index contributed by atoms with van der Waals surface area (Å²) in [5.74, 6) is 0. The molecule has 0 heterocycles. The normalized spacial score (nSPS) is 12.1. The first-order valence-corrected chi connectivity index (χ1v) is 3.32. The summed E-state index contributed by atoms with van der Waals surface area (Å²) in [5, 5.41) is 0.881. The van der Waals surface area contributed by atoms with Crippen LogP contribution >= 0.6 is 11.6 Å². The summed E-state index contributed by atoms with van der Waals surface area (Å²) >= 11 is 5.64. The molecular formula is C7H12Cl. The van der Waals surface area contributed by atoms with Crippen LogP contribution in [-0.4, -0.2) is 0 Å². The third kappa shape index (κ3) is 4.20. The van der Waals surface area contributed by atoms with Crippen molar-refractivity contribution in [2.75, 3.05) is 0 Å². The van der Waals surface area contributed by atoms with Crippen molar-refractivity contribution in [2.45, 2.75) is 26.2 Å². The molecule has 0 aliphatic heterocycles. The van der Waals surface area contributed by atoms with E-state index in [1.54, 1.807) is 6.08 Å². The largest absolute Gasteiger partial charge is 0.0895 e. The van der Waals surface area contributed by atoms with Gasteiger partial charge in [-0.25, -0.2) is 0 Å². The second-order valence-corrected chi connectivity index (χ2v) is 2.24. The highest BCUT2D eigenvalue weighted by atomic mass is 35.5. The van der Waals surface area contributed by atoms with Crippen LogP contribution in [0, 0.1) is 6.92 Å². The van der Waals surface area contributed by atoms with Gasteiger partial charge in [-0.05, 0) is 19.8 Å². The van der Waals surface area contributed by atoms with Gasteiger partial charge in [0.2, 0.25) is 0 Å². The number of rotatable bonds is 3. The fourth-order valence-corrected chi connectivity index (χ4v) is 0.581. The Morgan fingerprint density at radius 3 is 2.75 bits per heavy atom. The summed E-state index contributed by atoms with van der Waals surface area (Å²) < 4.78 is 0. The summed E-state index contributed by atoms with van der Waals surface area (Å²) in [5.41, 5.74) is 0. The number of unbranched alkanes of at least 4 members (excludes halogenated alkanes) is 1. The van der Waals surface area contributed by atoms with E-state index in [-0.39, 0.29) is 0 Å². The van der Waals surface area contributed by atoms with Gasteiger partial charge in [0.1, 0.15) is 0 Å². The summed E-state index contributed by atoms with van der Waals surface area (Å²) in [4.78, 5) is 0. The average molecular weight is 132 g/mol. The topological polar surface area (TPSA) is 0 Å². The molecule has 0 saturated carbocycles. The van der Waals surface area contributed by atoms with Crippen LogP contribution in [0.1, 0.15) is 26.2 Å². The smallest absolute Gasteiger partial charge is 0.0141 e. The Morgan fingerprint density at radius 2 is 2.38 bits per heavy atom. The Balaban J connectivity index is 3.12. The van der Waals surface area contributed by atoms with Crippen LogP contribution in [0.5, 0.6) is 0 Å². The highest BCUT2D eigenvalue weighted by Crippen LogP contribution is 2.09. The molecule has 1 radical (unpaired) electrons. The van der Waals surface area contributed by atoms with Gasteiger partial charge in [0.05, 0.1) is 0 Å². The van der Waals surface area contributed by atoms with Crippen molar-refractivity contribution >= 4 is 11.6 Å². The molecule has 0 atom stereocenters. The van der Waals surface area contributed by atoms with E-state index >= 15 is 0 Å². The van der Waals surface area contributed by atoms with Crippen LogP contribution in [0.15, 0.2) is 11.1 Å². The lowest BCUT2D eigenvalue weighted by Gasteiger charge is -1.91. The molecule has 8 heavy (non-hydrogen) atoms. The van der Waals surface area contributed by atoms with Gasteiger partial charge in [0.25, 0.3) is 0 Å². The number of hydrogen-bond acceptors (Lipinski definition) is 0. The van der Waals surface area contributed by atoms with Crippen LogP contribution in [0.4, 0.5) is 0 Å². The molecule has 0 fully saturated rings. The van der Waals surface area contributed by atoms with E-state index < -0.39 is 0 Å². The quantitative estimate of drug-likeness (QED) is 0.552. The third-order valence-electron chi connectivity index (χ3n) is 0.991. The van der Waals surface area contributed by atoms with Crippen LogP contribution in [-0.2, 0) is 0 Å². The van der Waals surface area contributed by atoms with E-state index in [2.05, 4.69) is 13.8 Å². The summed E-state index contributed by atoms with van der Waals surface area (Å²) in [6.45, 7) is 5.69. The molecule has 0 amide bonds. The highest BCUT2D eigenvalue weighted by molar-refractivity contribution is 6.29. The van der Waals surface area contributed by atoms with Crippen molar-refractivity contribution in [3.63, 3.8) is 0 Å². The summed E-state index contributed by atoms with van der Waals surface area (Å²) in [7, 11) is 0. The van der Waals surface area contributed by atoms with Gasteiger partial charge in [-0.15, -0.1) is 0 Å². The van der Waals surface area contributed by atoms with Crippen molar-refractivity contribution in [3.05, 3.63) is 18.0 Å². The first-order valence-electron chi connectivity index (χ1n) is 2.95. The Hall–Kier alpha value is 0.0300. The predicted molar refractivity (Wildman–Crippen MR) is 38.8 cm³/mol. The van der Waals surface area contributed by atoms with Crippen molar-refractivity contribution in [1.29, 1.82) is 0 Å². The molecule has 0 aromatic rings. The predicted octanol–water partition coefficient (Wildman–Crippen LogP) is 3.13. The number of halogens is 1. The van der Waals surface area contributed by atoms with E-state index in [0.717, 1.165) is 11.5 Å². The molecule has 1 heteroatoms. The standard InChI is InChI=1S/C7H12Cl/c1-3-5-6-7(8)4-2/h4H,2-3,5-6H2,1H3/b7-4-. The van der Waals surface area contributed by atoms with Crippen molar-refractivity contribution in [2.24, 2.45) is 0 Å². The summed E-state index contributed by atoms with van der Waals surface area (Å²) in [6, 6.07) is 0. The first-order chi connectivity index (χ1) is 3.81. The molecule has 0 rings (SSSR count). The van der Waals surface area contributed by atoms with Gasteiger partial charge in [-0.2, -0.15) is 0 Å². The lowest BCUT2D eigenvalue weighted by molar-refractivity contribution is 0.807. The molecule has 0 unspecified atom stereocenters. The molecule has 0 nitrogen and oxygen atoms in total. The van der Waals surface area contributed by atoms with E-state index in [0.29, 0.717) is 0 Å². The third-order valence-corrected chi connectivity index (χ3v) is 1.33. The molecule has 0 N–H and O–H groups in total. The molecule has 0 aromatic heterocycles. The Kier molecular flexibility index (Phi) is 5.19. The summed E-state index contributed by atoms with van der Waals surface area (Å²) in [6.07, 6.45) is 5.06. The highest BCUT2D eigenvalue weighted by Gasteiger charge is 1.86. The number of allylic oxidation sites excluding steroid dienone is 2. The molecular weight excluding hydrogens is 120 g/mol. The maximum Gasteiger partial charge on any atom is 0.0141 e. The van der Waals surface area contributed by atoms with E-state index in [1.807, 2.05) is 0 Å². The fourth-order valence-electron chi connectivity index (χ4n) is 0.448. The minimum atomic E-state index is 0.881. The molecule has 0 aliphatic rings. The number of hydrogen-bond donors (Lipinski definition) is 0. The van der Waals surface area contributed by atoms with Crippen LogP contribution in [0.2, 0.25) is 0 Å².